The van der Waals surface area contributed by atoms with Crippen molar-refractivity contribution in [3.8, 4) is 0 Å². The summed E-state index contributed by atoms with van der Waals surface area (Å²) in [5, 5.41) is 0. The van der Waals surface area contributed by atoms with Gasteiger partial charge in [-0.3, -0.25) is 4.99 Å². The molecule has 1 unspecified atom stereocenters. The van der Waals surface area contributed by atoms with E-state index in [-0.39, 0.29) is 6.23 Å². The van der Waals surface area contributed by atoms with Gasteiger partial charge in [0.25, 0.3) is 0 Å². The zero-order valence-corrected chi connectivity index (χ0v) is 10.5. The van der Waals surface area contributed by atoms with Crippen molar-refractivity contribution in [2.75, 3.05) is 13.7 Å². The summed E-state index contributed by atoms with van der Waals surface area (Å²) < 4.78 is 7.95. The van der Waals surface area contributed by atoms with Crippen LogP contribution >= 0.6 is 0 Å². The van der Waals surface area contributed by atoms with Crippen molar-refractivity contribution in [2.45, 2.75) is 25.5 Å². The van der Waals surface area contributed by atoms with Crippen LogP contribution in [0.1, 0.15) is 31.1 Å². The van der Waals surface area contributed by atoms with Gasteiger partial charge >= 0.3 is 0 Å². The van der Waals surface area contributed by atoms with Gasteiger partial charge < -0.3 is 9.30 Å². The predicted octanol–water partition coefficient (Wildman–Crippen LogP) is 2.78. The summed E-state index contributed by atoms with van der Waals surface area (Å²) in [6.07, 6.45) is 7.34. The minimum Gasteiger partial charge on any atom is -0.358 e. The molecule has 0 aliphatic carbocycles. The van der Waals surface area contributed by atoms with Crippen LogP contribution in [-0.2, 0) is 4.74 Å². The van der Waals surface area contributed by atoms with Crippen molar-refractivity contribution >= 4 is 17.2 Å². The fourth-order valence-electron chi connectivity index (χ4n) is 2.45. The lowest BCUT2D eigenvalue weighted by atomic mass is 10.1. The van der Waals surface area contributed by atoms with Crippen LogP contribution in [0.5, 0.6) is 0 Å². The second-order valence-corrected chi connectivity index (χ2v) is 4.61. The van der Waals surface area contributed by atoms with E-state index in [0.29, 0.717) is 0 Å². The molecule has 0 saturated carbocycles. The Morgan fingerprint density at radius 2 is 2.39 bits per heavy atom. The largest absolute Gasteiger partial charge is 0.358 e. The van der Waals surface area contributed by atoms with Crippen LogP contribution in [0.3, 0.4) is 0 Å². The third kappa shape index (κ3) is 2.04. The first-order valence-corrected chi connectivity index (χ1v) is 6.39. The van der Waals surface area contributed by atoms with Gasteiger partial charge in [0.05, 0.1) is 17.4 Å². The fourth-order valence-corrected chi connectivity index (χ4v) is 2.45. The van der Waals surface area contributed by atoms with Crippen molar-refractivity contribution in [1.29, 1.82) is 0 Å². The van der Waals surface area contributed by atoms with Crippen LogP contribution in [0.2, 0.25) is 0 Å². The number of nitrogens with zero attached hydrogens (tertiary/aromatic N) is 3. The van der Waals surface area contributed by atoms with E-state index in [1.165, 1.54) is 12.8 Å². The highest BCUT2D eigenvalue weighted by atomic mass is 16.5. The third-order valence-corrected chi connectivity index (χ3v) is 3.34. The maximum absolute atomic E-state index is 5.80. The van der Waals surface area contributed by atoms with Crippen LogP contribution in [0, 0.1) is 0 Å². The van der Waals surface area contributed by atoms with Crippen LogP contribution < -0.4 is 0 Å². The van der Waals surface area contributed by atoms with E-state index in [2.05, 4.69) is 32.7 Å². The summed E-state index contributed by atoms with van der Waals surface area (Å²) >= 11 is 0. The van der Waals surface area contributed by atoms with Crippen molar-refractivity contribution in [3.05, 3.63) is 30.1 Å². The Morgan fingerprint density at radius 1 is 1.44 bits per heavy atom. The van der Waals surface area contributed by atoms with Crippen molar-refractivity contribution < 1.29 is 4.74 Å². The molecular formula is C14H17N3O. The molecule has 4 heteroatoms. The minimum absolute atomic E-state index is 0.148. The maximum atomic E-state index is 5.80. The van der Waals surface area contributed by atoms with Gasteiger partial charge in [-0.05, 0) is 37.0 Å². The highest BCUT2D eigenvalue weighted by Gasteiger charge is 2.17. The molecule has 0 bridgehead atoms. The first kappa shape index (κ1) is 11.4. The molecule has 2 aromatic rings. The first-order chi connectivity index (χ1) is 8.88. The average molecular weight is 243 g/mol. The second-order valence-electron chi connectivity index (χ2n) is 4.61. The van der Waals surface area contributed by atoms with Crippen LogP contribution in [-0.4, -0.2) is 29.4 Å². The maximum Gasteiger partial charge on any atom is 0.135 e. The Labute approximate surface area is 106 Å². The van der Waals surface area contributed by atoms with E-state index in [1.807, 2.05) is 12.5 Å². The minimum atomic E-state index is 0.148. The lowest BCUT2D eigenvalue weighted by molar-refractivity contribution is -0.0295. The Hall–Kier alpha value is -1.68. The summed E-state index contributed by atoms with van der Waals surface area (Å²) in [7, 11) is 1.78. The quantitative estimate of drug-likeness (QED) is 0.761. The summed E-state index contributed by atoms with van der Waals surface area (Å²) in [6, 6.07) is 6.22. The normalized spacial score (nSPS) is 20.8. The molecule has 0 spiro atoms. The van der Waals surface area contributed by atoms with E-state index in [0.717, 1.165) is 29.6 Å². The number of hydrogen-bond acceptors (Lipinski definition) is 3. The van der Waals surface area contributed by atoms with Crippen LogP contribution in [0.25, 0.3) is 11.0 Å². The molecule has 3 rings (SSSR count). The van der Waals surface area contributed by atoms with E-state index >= 15 is 0 Å². The molecule has 1 aromatic heterocycles. The highest BCUT2D eigenvalue weighted by molar-refractivity contribution is 5.87. The Balaban J connectivity index is 1.98. The Bertz CT molecular complexity index is 567. The summed E-state index contributed by atoms with van der Waals surface area (Å²) in [5.74, 6) is 0. The monoisotopic (exact) mass is 243 g/mol. The standard InChI is InChI=1S/C14H17N3O/c1-15-9-11-5-6-13-12(8-11)16-10-17(13)14-4-2-3-7-18-14/h5-6,8-10,14H,2-4,7H2,1H3/b15-9+. The van der Waals surface area contributed by atoms with Gasteiger partial charge in [0.2, 0.25) is 0 Å². The number of aromatic nitrogens is 2. The lowest BCUT2D eigenvalue weighted by Crippen LogP contribution is -2.17. The van der Waals surface area contributed by atoms with Crippen molar-refractivity contribution in [1.82, 2.24) is 9.55 Å². The number of imidazole rings is 1. The van der Waals surface area contributed by atoms with Gasteiger partial charge in [-0.1, -0.05) is 6.07 Å². The molecule has 94 valence electrons. The SMILES string of the molecule is C/N=C/c1ccc2c(c1)ncn2C1CCCCO1. The number of hydrogen-bond donors (Lipinski definition) is 0. The molecule has 1 aliphatic rings. The molecule has 0 amide bonds. The van der Waals surface area contributed by atoms with Crippen LogP contribution in [0.4, 0.5) is 0 Å². The van der Waals surface area contributed by atoms with Crippen molar-refractivity contribution in [2.24, 2.45) is 4.99 Å². The van der Waals surface area contributed by atoms with Crippen LogP contribution in [0.15, 0.2) is 29.5 Å². The highest BCUT2D eigenvalue weighted by Crippen LogP contribution is 2.26. The summed E-state index contributed by atoms with van der Waals surface area (Å²) in [6.45, 7) is 0.852. The predicted molar refractivity (Wildman–Crippen MR) is 72.1 cm³/mol. The Morgan fingerprint density at radius 3 is 3.17 bits per heavy atom. The molecule has 1 atom stereocenters. The number of aliphatic imine (C=N–C) groups is 1. The van der Waals surface area contributed by atoms with E-state index in [1.54, 1.807) is 7.05 Å². The zero-order valence-electron chi connectivity index (χ0n) is 10.5. The number of rotatable bonds is 2. The average Bonchev–Trinajstić information content (AvgIpc) is 2.83. The van der Waals surface area contributed by atoms with E-state index in [9.17, 15) is 0 Å². The number of benzene rings is 1. The summed E-state index contributed by atoms with van der Waals surface area (Å²) in [4.78, 5) is 8.48. The van der Waals surface area contributed by atoms with E-state index in [4.69, 9.17) is 4.74 Å². The summed E-state index contributed by atoms with van der Waals surface area (Å²) in [5.41, 5.74) is 3.22. The molecule has 1 aromatic carbocycles. The first-order valence-electron chi connectivity index (χ1n) is 6.39. The molecular weight excluding hydrogens is 226 g/mol. The second kappa shape index (κ2) is 4.90. The molecule has 1 aliphatic heterocycles. The molecule has 0 N–H and O–H groups in total. The molecule has 2 heterocycles. The topological polar surface area (TPSA) is 39.4 Å². The lowest BCUT2D eigenvalue weighted by Gasteiger charge is -2.24. The number of ether oxygens (including phenoxy) is 1. The molecule has 1 saturated heterocycles. The van der Waals surface area contributed by atoms with Gasteiger partial charge in [0.1, 0.15) is 6.23 Å². The van der Waals surface area contributed by atoms with Gasteiger partial charge in [-0.25, -0.2) is 4.98 Å². The van der Waals surface area contributed by atoms with Gasteiger partial charge in [0.15, 0.2) is 0 Å². The molecule has 0 radical (unpaired) electrons. The van der Waals surface area contributed by atoms with E-state index < -0.39 is 0 Å². The fraction of sp³-hybridized carbons (Fsp3) is 0.429. The molecule has 18 heavy (non-hydrogen) atoms. The van der Waals surface area contributed by atoms with Crippen molar-refractivity contribution in [3.63, 3.8) is 0 Å². The smallest absolute Gasteiger partial charge is 0.135 e. The third-order valence-electron chi connectivity index (χ3n) is 3.34. The Kier molecular flexibility index (Phi) is 3.11. The molecule has 1 fully saturated rings. The van der Waals surface area contributed by atoms with Gasteiger partial charge in [-0.2, -0.15) is 0 Å². The van der Waals surface area contributed by atoms with Gasteiger partial charge in [0, 0.05) is 19.9 Å². The molecule has 4 nitrogen and oxygen atoms in total. The zero-order chi connectivity index (χ0) is 12.4. The number of fused-ring (bicyclic) bond motifs is 1. The van der Waals surface area contributed by atoms with Gasteiger partial charge in [-0.15, -0.1) is 0 Å².